The Kier molecular flexibility index (Phi) is 5.48. The van der Waals surface area contributed by atoms with Crippen LogP contribution in [0.25, 0.3) is 0 Å². The van der Waals surface area contributed by atoms with E-state index in [9.17, 15) is 9.59 Å². The lowest BCUT2D eigenvalue weighted by atomic mass is 10.0. The van der Waals surface area contributed by atoms with Gasteiger partial charge in [-0.05, 0) is 19.1 Å². The van der Waals surface area contributed by atoms with Crippen LogP contribution in [-0.4, -0.2) is 28.6 Å². The standard InChI is InChI=1S/C15H16N2O4S/c1-2-21-14(20)12(13(18)19)8-11-9-22-15(17-11)16-10-6-4-3-5-7-10/h3-7,9,12H,2,8H2,1H3,(H,16,17)(H,18,19). The summed E-state index contributed by atoms with van der Waals surface area (Å²) < 4.78 is 4.78. The number of nitrogens with one attached hydrogen (secondary N) is 1. The molecule has 0 radical (unpaired) electrons. The Morgan fingerprint density at radius 3 is 2.73 bits per heavy atom. The minimum Gasteiger partial charge on any atom is -0.481 e. The molecule has 1 aromatic carbocycles. The number of ether oxygens (including phenoxy) is 1. The minimum absolute atomic E-state index is 0.0150. The van der Waals surface area contributed by atoms with Crippen molar-refractivity contribution in [1.82, 2.24) is 4.98 Å². The first-order chi connectivity index (χ1) is 10.6. The number of aromatic nitrogens is 1. The van der Waals surface area contributed by atoms with Gasteiger partial charge in [-0.1, -0.05) is 18.2 Å². The lowest BCUT2D eigenvalue weighted by Crippen LogP contribution is -2.28. The van der Waals surface area contributed by atoms with Crippen LogP contribution in [0.2, 0.25) is 0 Å². The van der Waals surface area contributed by atoms with Crippen molar-refractivity contribution in [2.45, 2.75) is 13.3 Å². The lowest BCUT2D eigenvalue weighted by molar-refractivity contribution is -0.158. The maximum absolute atomic E-state index is 11.6. The molecule has 0 saturated heterocycles. The molecule has 0 saturated carbocycles. The van der Waals surface area contributed by atoms with E-state index >= 15 is 0 Å². The number of thiazole rings is 1. The molecule has 22 heavy (non-hydrogen) atoms. The number of aliphatic carboxylic acids is 1. The van der Waals surface area contributed by atoms with Gasteiger partial charge in [0.2, 0.25) is 0 Å². The average molecular weight is 320 g/mol. The van der Waals surface area contributed by atoms with E-state index in [1.54, 1.807) is 12.3 Å². The maximum atomic E-state index is 11.6. The van der Waals surface area contributed by atoms with Crippen molar-refractivity contribution < 1.29 is 19.4 Å². The lowest BCUT2D eigenvalue weighted by Gasteiger charge is -2.09. The van der Waals surface area contributed by atoms with Crippen molar-refractivity contribution in [1.29, 1.82) is 0 Å². The van der Waals surface area contributed by atoms with Crippen molar-refractivity contribution in [2.24, 2.45) is 5.92 Å². The highest BCUT2D eigenvalue weighted by Crippen LogP contribution is 2.22. The number of esters is 1. The highest BCUT2D eigenvalue weighted by molar-refractivity contribution is 7.13. The monoisotopic (exact) mass is 320 g/mol. The Bertz CT molecular complexity index is 642. The van der Waals surface area contributed by atoms with Gasteiger partial charge in [0.25, 0.3) is 0 Å². The third-order valence-corrected chi connectivity index (χ3v) is 3.67. The van der Waals surface area contributed by atoms with Gasteiger partial charge in [-0.3, -0.25) is 9.59 Å². The van der Waals surface area contributed by atoms with Crippen LogP contribution < -0.4 is 5.32 Å². The largest absolute Gasteiger partial charge is 0.481 e. The second kappa shape index (κ2) is 7.56. The van der Waals surface area contributed by atoms with Crippen LogP contribution in [0.1, 0.15) is 12.6 Å². The first-order valence-electron chi connectivity index (χ1n) is 6.76. The summed E-state index contributed by atoms with van der Waals surface area (Å²) in [5.41, 5.74) is 1.44. The minimum atomic E-state index is -1.23. The van der Waals surface area contributed by atoms with Gasteiger partial charge in [0, 0.05) is 17.5 Å². The van der Waals surface area contributed by atoms with E-state index in [1.165, 1.54) is 11.3 Å². The van der Waals surface area contributed by atoms with Crippen molar-refractivity contribution >= 4 is 34.1 Å². The van der Waals surface area contributed by atoms with Gasteiger partial charge in [0.15, 0.2) is 11.0 Å². The maximum Gasteiger partial charge on any atom is 0.320 e. The van der Waals surface area contributed by atoms with Crippen LogP contribution in [0.5, 0.6) is 0 Å². The highest BCUT2D eigenvalue weighted by Gasteiger charge is 2.28. The number of carbonyl (C=O) groups excluding carboxylic acids is 1. The van der Waals surface area contributed by atoms with Crippen LogP contribution in [0.15, 0.2) is 35.7 Å². The number of rotatable bonds is 7. The van der Waals surface area contributed by atoms with E-state index in [1.807, 2.05) is 30.3 Å². The van der Waals surface area contributed by atoms with Crippen molar-refractivity contribution in [3.8, 4) is 0 Å². The van der Waals surface area contributed by atoms with Crippen molar-refractivity contribution in [2.75, 3.05) is 11.9 Å². The van der Waals surface area contributed by atoms with Crippen LogP contribution >= 0.6 is 11.3 Å². The van der Waals surface area contributed by atoms with E-state index < -0.39 is 17.9 Å². The van der Waals surface area contributed by atoms with Gasteiger partial charge in [0.1, 0.15) is 0 Å². The van der Waals surface area contributed by atoms with E-state index in [2.05, 4.69) is 10.3 Å². The van der Waals surface area contributed by atoms with E-state index in [0.717, 1.165) is 5.69 Å². The molecule has 2 N–H and O–H groups in total. The van der Waals surface area contributed by atoms with E-state index in [0.29, 0.717) is 10.8 Å². The summed E-state index contributed by atoms with van der Waals surface area (Å²) in [6, 6.07) is 9.52. The fourth-order valence-electron chi connectivity index (χ4n) is 1.83. The molecule has 2 aromatic rings. The zero-order valence-corrected chi connectivity index (χ0v) is 12.8. The third-order valence-electron chi connectivity index (χ3n) is 2.86. The van der Waals surface area contributed by atoms with Crippen LogP contribution in [0.4, 0.5) is 10.8 Å². The van der Waals surface area contributed by atoms with Gasteiger partial charge in [-0.25, -0.2) is 4.98 Å². The summed E-state index contributed by atoms with van der Waals surface area (Å²) in [5, 5.41) is 14.6. The molecular formula is C15H16N2O4S. The van der Waals surface area contributed by atoms with Gasteiger partial charge < -0.3 is 15.2 Å². The summed E-state index contributed by atoms with van der Waals surface area (Å²) in [5.74, 6) is -3.17. The van der Waals surface area contributed by atoms with Gasteiger partial charge >= 0.3 is 11.9 Å². The molecule has 0 aliphatic heterocycles. The predicted octanol–water partition coefficient (Wildman–Crippen LogP) is 2.69. The van der Waals surface area contributed by atoms with Crippen molar-refractivity contribution in [3.05, 3.63) is 41.4 Å². The molecule has 7 heteroatoms. The molecule has 1 atom stereocenters. The molecule has 0 bridgehead atoms. The highest BCUT2D eigenvalue weighted by atomic mass is 32.1. The van der Waals surface area contributed by atoms with Gasteiger partial charge in [0.05, 0.1) is 12.3 Å². The number of para-hydroxylation sites is 1. The third kappa shape index (κ3) is 4.29. The topological polar surface area (TPSA) is 88.5 Å². The first kappa shape index (κ1) is 16.0. The second-order valence-electron chi connectivity index (χ2n) is 4.48. The average Bonchev–Trinajstić information content (AvgIpc) is 2.93. The Morgan fingerprint density at radius 2 is 2.09 bits per heavy atom. The molecule has 1 unspecified atom stereocenters. The molecular weight excluding hydrogens is 304 g/mol. The summed E-state index contributed by atoms with van der Waals surface area (Å²) in [6.45, 7) is 1.79. The fourth-order valence-corrected chi connectivity index (χ4v) is 2.57. The molecule has 1 aromatic heterocycles. The molecule has 6 nitrogen and oxygen atoms in total. The smallest absolute Gasteiger partial charge is 0.320 e. The first-order valence-corrected chi connectivity index (χ1v) is 7.64. The summed E-state index contributed by atoms with van der Waals surface area (Å²) in [6.07, 6.45) is 0.0150. The Morgan fingerprint density at radius 1 is 1.36 bits per heavy atom. The van der Waals surface area contributed by atoms with E-state index in [4.69, 9.17) is 9.84 Å². The fraction of sp³-hybridized carbons (Fsp3) is 0.267. The molecule has 0 aliphatic rings. The number of anilines is 2. The quantitative estimate of drug-likeness (QED) is 0.602. The number of nitrogens with zero attached hydrogens (tertiary/aromatic N) is 1. The molecule has 0 amide bonds. The molecule has 0 fully saturated rings. The Hall–Kier alpha value is -2.41. The summed E-state index contributed by atoms with van der Waals surface area (Å²) in [7, 11) is 0. The molecule has 2 rings (SSSR count). The Balaban J connectivity index is 2.04. The number of benzene rings is 1. The normalized spacial score (nSPS) is 11.7. The molecule has 1 heterocycles. The van der Waals surface area contributed by atoms with Crippen LogP contribution in [0.3, 0.4) is 0 Å². The van der Waals surface area contributed by atoms with Crippen LogP contribution in [-0.2, 0) is 20.7 Å². The number of carboxylic acid groups (broad SMARTS) is 1. The second-order valence-corrected chi connectivity index (χ2v) is 5.34. The van der Waals surface area contributed by atoms with Gasteiger partial charge in [-0.15, -0.1) is 11.3 Å². The zero-order valence-electron chi connectivity index (χ0n) is 12.0. The summed E-state index contributed by atoms with van der Waals surface area (Å²) >= 11 is 1.36. The number of hydrogen-bond donors (Lipinski definition) is 2. The summed E-state index contributed by atoms with van der Waals surface area (Å²) in [4.78, 5) is 27.1. The predicted molar refractivity (Wildman–Crippen MR) is 83.3 cm³/mol. The molecule has 116 valence electrons. The zero-order chi connectivity index (χ0) is 15.9. The van der Waals surface area contributed by atoms with Crippen molar-refractivity contribution in [3.63, 3.8) is 0 Å². The molecule has 0 aliphatic carbocycles. The molecule has 0 spiro atoms. The van der Waals surface area contributed by atoms with E-state index in [-0.39, 0.29) is 13.0 Å². The number of carboxylic acids is 1. The number of carbonyl (C=O) groups is 2. The van der Waals surface area contributed by atoms with Crippen LogP contribution in [0, 0.1) is 5.92 Å². The number of hydrogen-bond acceptors (Lipinski definition) is 6. The SMILES string of the molecule is CCOC(=O)C(Cc1csc(Nc2ccccc2)n1)C(=O)O. The Labute approximate surface area is 131 Å². The van der Waals surface area contributed by atoms with Gasteiger partial charge in [-0.2, -0.15) is 0 Å².